The third-order valence-electron chi connectivity index (χ3n) is 1.82. The summed E-state index contributed by atoms with van der Waals surface area (Å²) in [6.07, 6.45) is -1.11. The van der Waals surface area contributed by atoms with Gasteiger partial charge in [-0.3, -0.25) is 5.43 Å². The number of aliphatic hydroxyl groups is 1. The summed E-state index contributed by atoms with van der Waals surface area (Å²) in [6.45, 7) is -0.658. The van der Waals surface area contributed by atoms with Crippen molar-refractivity contribution in [3.05, 3.63) is 12.3 Å². The third-order valence-corrected chi connectivity index (χ3v) is 1.82. The van der Waals surface area contributed by atoms with E-state index in [-0.39, 0.29) is 24.9 Å². The Balaban J connectivity index is 2.82. The Labute approximate surface area is 91.1 Å². The minimum atomic E-state index is -2.50. The van der Waals surface area contributed by atoms with Crippen LogP contribution in [0.25, 0.3) is 0 Å². The van der Waals surface area contributed by atoms with Crippen molar-refractivity contribution in [2.75, 3.05) is 30.0 Å². The van der Waals surface area contributed by atoms with E-state index < -0.39 is 13.0 Å². The average molecular weight is 233 g/mol. The molecule has 0 fully saturated rings. The van der Waals surface area contributed by atoms with E-state index in [2.05, 4.69) is 15.4 Å². The molecule has 0 saturated heterocycles. The molecule has 1 rings (SSSR count). The summed E-state index contributed by atoms with van der Waals surface area (Å²) in [4.78, 5) is 8.91. The Kier molecular flexibility index (Phi) is 4.80. The van der Waals surface area contributed by atoms with Crippen molar-refractivity contribution in [1.29, 1.82) is 0 Å². The molecular formula is C8H13F2N5O. The van der Waals surface area contributed by atoms with Gasteiger partial charge in [-0.15, -0.1) is 0 Å². The molecule has 6 nitrogen and oxygen atoms in total. The van der Waals surface area contributed by atoms with E-state index in [1.54, 1.807) is 0 Å². The fourth-order valence-corrected chi connectivity index (χ4v) is 1.18. The van der Waals surface area contributed by atoms with Crippen molar-refractivity contribution in [2.24, 2.45) is 5.84 Å². The van der Waals surface area contributed by atoms with Crippen LogP contribution in [0.5, 0.6) is 0 Å². The second kappa shape index (κ2) is 6.13. The predicted octanol–water partition coefficient (Wildman–Crippen LogP) is -0.174. The summed E-state index contributed by atoms with van der Waals surface area (Å²) in [6, 6.07) is 1.47. The molecule has 1 aromatic rings. The number of aliphatic hydroxyl groups excluding tert-OH is 1. The van der Waals surface area contributed by atoms with E-state index >= 15 is 0 Å². The summed E-state index contributed by atoms with van der Waals surface area (Å²) in [5, 5.41) is 8.77. The van der Waals surface area contributed by atoms with Crippen molar-refractivity contribution < 1.29 is 13.9 Å². The van der Waals surface area contributed by atoms with Gasteiger partial charge in [-0.25, -0.2) is 19.6 Å². The van der Waals surface area contributed by atoms with Crippen molar-refractivity contribution >= 4 is 11.8 Å². The normalized spacial score (nSPS) is 10.6. The number of anilines is 2. The SMILES string of the molecule is NNc1nccc(N(CCO)CC(F)F)n1. The summed E-state index contributed by atoms with van der Waals surface area (Å²) < 4.78 is 24.5. The zero-order valence-electron chi connectivity index (χ0n) is 8.48. The topological polar surface area (TPSA) is 87.3 Å². The second-order valence-electron chi connectivity index (χ2n) is 2.94. The number of hydrogen-bond acceptors (Lipinski definition) is 6. The highest BCUT2D eigenvalue weighted by Crippen LogP contribution is 2.12. The molecule has 8 heteroatoms. The van der Waals surface area contributed by atoms with Crippen LogP contribution in [0.4, 0.5) is 20.5 Å². The maximum absolute atomic E-state index is 12.3. The van der Waals surface area contributed by atoms with E-state index in [4.69, 9.17) is 10.9 Å². The Bertz CT molecular complexity index is 325. The number of hydrazine groups is 1. The van der Waals surface area contributed by atoms with Gasteiger partial charge in [0.2, 0.25) is 5.95 Å². The lowest BCUT2D eigenvalue weighted by Gasteiger charge is -2.22. The first-order valence-corrected chi connectivity index (χ1v) is 4.61. The lowest BCUT2D eigenvalue weighted by molar-refractivity contribution is 0.152. The highest BCUT2D eigenvalue weighted by atomic mass is 19.3. The number of halogens is 2. The van der Waals surface area contributed by atoms with Gasteiger partial charge in [0.25, 0.3) is 6.43 Å². The molecular weight excluding hydrogens is 220 g/mol. The standard InChI is InChI=1S/C8H13F2N5O/c9-6(10)5-15(3-4-16)7-1-2-12-8(13-7)14-11/h1-2,6,16H,3-5,11H2,(H,12,13,14). The van der Waals surface area contributed by atoms with Crippen molar-refractivity contribution in [3.8, 4) is 0 Å². The van der Waals surface area contributed by atoms with E-state index in [1.165, 1.54) is 17.2 Å². The fraction of sp³-hybridized carbons (Fsp3) is 0.500. The van der Waals surface area contributed by atoms with Crippen LogP contribution in [0.15, 0.2) is 12.3 Å². The Hall–Kier alpha value is -1.54. The van der Waals surface area contributed by atoms with Gasteiger partial charge in [-0.05, 0) is 6.07 Å². The monoisotopic (exact) mass is 233 g/mol. The molecule has 0 aliphatic carbocycles. The molecule has 0 spiro atoms. The van der Waals surface area contributed by atoms with Crippen molar-refractivity contribution in [1.82, 2.24) is 9.97 Å². The number of hydrogen-bond donors (Lipinski definition) is 3. The molecule has 0 saturated carbocycles. The molecule has 0 amide bonds. The molecule has 1 heterocycles. The smallest absolute Gasteiger partial charge is 0.255 e. The summed E-state index contributed by atoms with van der Waals surface area (Å²) in [5.74, 6) is 5.53. The van der Waals surface area contributed by atoms with E-state index in [9.17, 15) is 8.78 Å². The zero-order valence-corrected chi connectivity index (χ0v) is 8.48. The molecule has 0 bridgehead atoms. The van der Waals surface area contributed by atoms with Gasteiger partial charge in [-0.1, -0.05) is 0 Å². The molecule has 0 aromatic carbocycles. The summed E-state index contributed by atoms with van der Waals surface area (Å²) >= 11 is 0. The summed E-state index contributed by atoms with van der Waals surface area (Å²) in [7, 11) is 0. The van der Waals surface area contributed by atoms with Crippen molar-refractivity contribution in [3.63, 3.8) is 0 Å². The zero-order chi connectivity index (χ0) is 12.0. The van der Waals surface area contributed by atoms with Gasteiger partial charge >= 0.3 is 0 Å². The minimum Gasteiger partial charge on any atom is -0.395 e. The molecule has 4 N–H and O–H groups in total. The second-order valence-corrected chi connectivity index (χ2v) is 2.94. The van der Waals surface area contributed by atoms with Crippen LogP contribution in [0.3, 0.4) is 0 Å². The van der Waals surface area contributed by atoms with Gasteiger partial charge in [0, 0.05) is 12.7 Å². The van der Waals surface area contributed by atoms with Crippen LogP contribution in [0, 0.1) is 0 Å². The largest absolute Gasteiger partial charge is 0.395 e. The molecule has 0 aliphatic heterocycles. The van der Waals surface area contributed by atoms with Crippen LogP contribution in [0.1, 0.15) is 0 Å². The Morgan fingerprint density at radius 3 is 2.88 bits per heavy atom. The van der Waals surface area contributed by atoms with Crippen LogP contribution in [0.2, 0.25) is 0 Å². The Morgan fingerprint density at radius 2 is 2.31 bits per heavy atom. The van der Waals surface area contributed by atoms with Crippen LogP contribution in [-0.2, 0) is 0 Å². The molecule has 1 aromatic heterocycles. The molecule has 90 valence electrons. The minimum absolute atomic E-state index is 0.0748. The van der Waals surface area contributed by atoms with E-state index in [0.29, 0.717) is 0 Å². The van der Waals surface area contributed by atoms with Crippen LogP contribution >= 0.6 is 0 Å². The van der Waals surface area contributed by atoms with Crippen molar-refractivity contribution in [2.45, 2.75) is 6.43 Å². The quantitative estimate of drug-likeness (QED) is 0.467. The summed E-state index contributed by atoms with van der Waals surface area (Å²) in [5.41, 5.74) is 2.22. The number of nitrogens with one attached hydrogen (secondary N) is 1. The van der Waals surface area contributed by atoms with Gasteiger partial charge in [0.15, 0.2) is 0 Å². The average Bonchev–Trinajstić information content (AvgIpc) is 2.28. The van der Waals surface area contributed by atoms with Gasteiger partial charge < -0.3 is 10.0 Å². The number of aromatic nitrogens is 2. The first kappa shape index (κ1) is 12.5. The lowest BCUT2D eigenvalue weighted by atomic mass is 10.4. The van der Waals surface area contributed by atoms with Gasteiger partial charge in [0.05, 0.1) is 13.2 Å². The lowest BCUT2D eigenvalue weighted by Crippen LogP contribution is -2.32. The van der Waals surface area contributed by atoms with Crippen LogP contribution in [-0.4, -0.2) is 41.2 Å². The maximum Gasteiger partial charge on any atom is 0.255 e. The first-order chi connectivity index (χ1) is 7.67. The predicted molar refractivity (Wildman–Crippen MR) is 55.1 cm³/mol. The number of rotatable bonds is 6. The highest BCUT2D eigenvalue weighted by molar-refractivity contribution is 5.42. The maximum atomic E-state index is 12.3. The first-order valence-electron chi connectivity index (χ1n) is 4.61. The number of nitrogens with zero attached hydrogens (tertiary/aromatic N) is 3. The Morgan fingerprint density at radius 1 is 1.56 bits per heavy atom. The molecule has 16 heavy (non-hydrogen) atoms. The van der Waals surface area contributed by atoms with E-state index in [0.717, 1.165) is 0 Å². The van der Waals surface area contributed by atoms with E-state index in [1.807, 2.05) is 0 Å². The molecule has 0 radical (unpaired) electrons. The molecule has 0 unspecified atom stereocenters. The highest BCUT2D eigenvalue weighted by Gasteiger charge is 2.13. The van der Waals surface area contributed by atoms with Gasteiger partial charge in [0.1, 0.15) is 5.82 Å². The molecule has 0 atom stereocenters. The third kappa shape index (κ3) is 3.55. The number of alkyl halides is 2. The van der Waals surface area contributed by atoms with Gasteiger partial charge in [-0.2, -0.15) is 4.98 Å². The van der Waals surface area contributed by atoms with Crippen LogP contribution < -0.4 is 16.2 Å². The number of nitrogens with two attached hydrogens (primary N) is 1. The fourth-order valence-electron chi connectivity index (χ4n) is 1.18. The molecule has 0 aliphatic rings. The number of nitrogen functional groups attached to an aromatic ring is 1.